The zero-order chi connectivity index (χ0) is 38.1. The number of alkyl carbamates (subject to hydrolysis) is 1. The first kappa shape index (κ1) is 46.2. The fourth-order valence-corrected chi connectivity index (χ4v) is 9.06. The van der Waals surface area contributed by atoms with Gasteiger partial charge in [-0.3, -0.25) is 4.79 Å². The number of hydrogen-bond donors (Lipinski definition) is 6. The average molecular weight is 1180 g/mol. The van der Waals surface area contributed by atoms with Gasteiger partial charge in [0.2, 0.25) is 0 Å². The summed E-state index contributed by atoms with van der Waals surface area (Å²) in [7, 11) is 0. The molecule has 1 amide bonds. The molecule has 54 heavy (non-hydrogen) atoms. The Bertz CT molecular complexity index is 1640. The van der Waals surface area contributed by atoms with Crippen LogP contribution in [0, 0.1) is 117 Å². The summed E-state index contributed by atoms with van der Waals surface area (Å²) in [6.45, 7) is 9.60. The zero-order valence-electron chi connectivity index (χ0n) is 31.6. The fraction of sp³-hybridized carbons (Fsp3) is 0.684. The molecule has 16 heteroatoms. The number of carbonyl (C=O) groups is 4. The molecule has 292 valence electrons. The van der Waals surface area contributed by atoms with Crippen molar-refractivity contribution in [3.63, 3.8) is 0 Å². The molecule has 4 aliphatic carbocycles. The Labute approximate surface area is 386 Å². The van der Waals surface area contributed by atoms with Crippen molar-refractivity contribution in [2.45, 2.75) is 121 Å². The molecule has 3 saturated carbocycles. The van der Waals surface area contributed by atoms with Crippen molar-refractivity contribution >= 4 is 23.8 Å². The van der Waals surface area contributed by atoms with Crippen LogP contribution in [0.5, 0.6) is 0 Å². The maximum Gasteiger partial charge on any atom is 0.407 e. The molecule has 6 rings (SSSR count). The van der Waals surface area contributed by atoms with Gasteiger partial charge in [0.1, 0.15) is 29.5 Å². The van der Waals surface area contributed by atoms with Gasteiger partial charge in [0.25, 0.3) is 0 Å². The van der Waals surface area contributed by atoms with E-state index in [1.807, 2.05) is 13.8 Å². The summed E-state index contributed by atoms with van der Waals surface area (Å²) >= 11 is 0. The van der Waals surface area contributed by atoms with Crippen LogP contribution in [-0.2, 0) is 28.5 Å². The Morgan fingerprint density at radius 3 is 2.20 bits per heavy atom. The van der Waals surface area contributed by atoms with Crippen LogP contribution in [0.1, 0.15) is 77.6 Å². The topological polar surface area (TPSA) is 218 Å². The molecule has 1 saturated heterocycles. The Morgan fingerprint density at radius 1 is 1.02 bits per heavy atom. The smallest absolute Gasteiger partial charge is 0.407 e. The second-order valence-electron chi connectivity index (χ2n) is 16.5. The van der Waals surface area contributed by atoms with E-state index in [9.17, 15) is 44.7 Å². The van der Waals surface area contributed by atoms with Crippen molar-refractivity contribution in [3.05, 3.63) is 47.0 Å². The van der Waals surface area contributed by atoms with E-state index in [0.717, 1.165) is 0 Å². The number of Topliss-reactive ketones (excluding diaryl/α,β-unsaturated/α-hetero) is 1. The van der Waals surface area contributed by atoms with Gasteiger partial charge in [-0.15, -0.1) is 0 Å². The number of carbonyl (C=O) groups excluding carboxylic acids is 4. The number of aliphatic hydroxyl groups excluding tert-OH is 3. The molecule has 11 atom stereocenters. The minimum atomic E-state index is -2.27. The van der Waals surface area contributed by atoms with Gasteiger partial charge in [-0.05, 0) is 61.8 Å². The summed E-state index contributed by atoms with van der Waals surface area (Å²) in [5, 5.41) is 62.7. The number of nitrogens with one attached hydrogen (secondary N) is 1. The number of benzene rings is 1. The van der Waals surface area contributed by atoms with Crippen molar-refractivity contribution in [1.82, 2.24) is 5.32 Å². The molecule has 2 bridgehead atoms. The summed E-state index contributed by atoms with van der Waals surface area (Å²) in [6, 6.07) is 6.89. The number of esters is 2. The van der Waals surface area contributed by atoms with Gasteiger partial charge in [-0.1, -0.05) is 45.9 Å². The van der Waals surface area contributed by atoms with Crippen LogP contribution in [0.15, 0.2) is 41.5 Å². The van der Waals surface area contributed by atoms with Crippen molar-refractivity contribution in [2.75, 3.05) is 13.2 Å². The molecule has 6 N–H and O–H groups in total. The van der Waals surface area contributed by atoms with Gasteiger partial charge in [0.05, 0.1) is 42.4 Å². The molecule has 5 aliphatic rings. The Hall–Kier alpha value is -0.517. The number of aliphatic hydroxyl groups is 5. The van der Waals surface area contributed by atoms with Crippen LogP contribution < -0.4 is 5.32 Å². The van der Waals surface area contributed by atoms with E-state index in [-0.39, 0.29) is 136 Å². The first-order valence-electron chi connectivity index (χ1n) is 18.0. The quantitative estimate of drug-likeness (QED) is 0.118. The molecule has 0 spiro atoms. The van der Waals surface area contributed by atoms with Crippen LogP contribution in [0.4, 0.5) is 4.79 Å². The maximum atomic E-state index is 14.6. The van der Waals surface area contributed by atoms with E-state index in [2.05, 4.69) is 5.32 Å². The third kappa shape index (κ3) is 7.83. The average Bonchev–Trinajstić information content (AvgIpc) is 3.94. The molecule has 2 radical (unpaired) electrons. The number of ether oxygens (including phenoxy) is 4. The maximum absolute atomic E-state index is 14.6. The van der Waals surface area contributed by atoms with Crippen molar-refractivity contribution in [2.24, 2.45) is 28.6 Å². The van der Waals surface area contributed by atoms with E-state index in [1.54, 1.807) is 32.0 Å². The van der Waals surface area contributed by atoms with E-state index < -0.39 is 101 Å². The predicted octanol–water partition coefficient (Wildman–Crippen LogP) is 1.58. The SMILES string of the molecule is CC1=C2C(O)C(=O)[C@]3(C)C(O)CC4OC[C@@]4(O)C3C(OC(=O)c3ccccc3)C(O)(CC1OC(=O)C(O)C(NC(=O)OCC(C)C)C1CC1)C2(C)C.[Ac].[Ac]. The molecule has 1 aromatic carbocycles. The Balaban J connectivity index is 0.00000325. The van der Waals surface area contributed by atoms with Crippen molar-refractivity contribution < 1.29 is 152 Å². The van der Waals surface area contributed by atoms with Crippen molar-refractivity contribution in [1.29, 1.82) is 0 Å². The van der Waals surface area contributed by atoms with E-state index in [0.29, 0.717) is 12.8 Å². The Morgan fingerprint density at radius 2 is 1.65 bits per heavy atom. The van der Waals surface area contributed by atoms with E-state index in [4.69, 9.17) is 18.9 Å². The molecular formula is C38H51Ac2NO13. The van der Waals surface area contributed by atoms with Crippen LogP contribution in [0.2, 0.25) is 0 Å². The molecule has 4 fully saturated rings. The van der Waals surface area contributed by atoms with E-state index in [1.165, 1.54) is 26.0 Å². The number of hydrogen-bond acceptors (Lipinski definition) is 13. The first-order valence-corrected chi connectivity index (χ1v) is 18.0. The molecule has 9 unspecified atom stereocenters. The van der Waals surface area contributed by atoms with Gasteiger partial charge in [0.15, 0.2) is 11.9 Å². The zero-order valence-corrected chi connectivity index (χ0v) is 41.1. The van der Waals surface area contributed by atoms with Crippen LogP contribution in [0.25, 0.3) is 0 Å². The standard InChI is InChI=1S/C38H51NO13.2Ac/c1-18(2)16-49-34(46)39-26(20-12-13-20)28(42)33(45)51-22-15-38(48)31(52-32(44)21-10-8-7-9-11-21)29-36(6,23(40)14-24-37(29,47)17-50-24)30(43)27(41)25(19(22)3)35(38,4)5;;/h7-11,18,20,22-24,26-29,31,40-42,47-48H,12-17H2,1-6H3,(H,39,46);;/t22?,23?,24?,26?,27?,28?,29?,31?,36-,37+,38?;;/m1../s1. The van der Waals surface area contributed by atoms with E-state index >= 15 is 0 Å². The molecular weight excluding hydrogens is 1130 g/mol. The molecule has 1 aromatic rings. The van der Waals surface area contributed by atoms with Crippen LogP contribution >= 0.6 is 0 Å². The minimum Gasteiger partial charge on any atom is -0.456 e. The van der Waals surface area contributed by atoms with Gasteiger partial charge < -0.3 is 49.8 Å². The second-order valence-corrected chi connectivity index (χ2v) is 16.5. The molecule has 14 nitrogen and oxygen atoms in total. The van der Waals surface area contributed by atoms with Gasteiger partial charge in [-0.2, -0.15) is 0 Å². The van der Waals surface area contributed by atoms with Crippen LogP contribution in [-0.4, -0.2) is 116 Å². The molecule has 1 heterocycles. The molecule has 0 aromatic heterocycles. The van der Waals surface area contributed by atoms with Gasteiger partial charge in [-0.25, -0.2) is 14.4 Å². The minimum absolute atomic E-state index is 0. The number of fused-ring (bicyclic) bond motifs is 5. The largest absolute Gasteiger partial charge is 0.456 e. The number of amides is 1. The molecule has 1 aliphatic heterocycles. The normalized spacial score (nSPS) is 36.3. The van der Waals surface area contributed by atoms with Gasteiger partial charge >= 0.3 is 18.0 Å². The third-order valence-electron chi connectivity index (χ3n) is 12.4. The summed E-state index contributed by atoms with van der Waals surface area (Å²) in [4.78, 5) is 54.7. The first-order chi connectivity index (χ1) is 24.3. The summed E-state index contributed by atoms with van der Waals surface area (Å²) in [5.74, 6) is -4.55. The van der Waals surface area contributed by atoms with Crippen LogP contribution in [0.3, 0.4) is 0 Å². The summed E-state index contributed by atoms with van der Waals surface area (Å²) in [6.07, 6.45) is -9.46. The summed E-state index contributed by atoms with van der Waals surface area (Å²) in [5.41, 5.74) is -7.33. The Kier molecular flexibility index (Phi) is 14.5. The number of rotatable bonds is 9. The predicted molar refractivity (Wildman–Crippen MR) is 181 cm³/mol. The third-order valence-corrected chi connectivity index (χ3v) is 12.4. The monoisotopic (exact) mass is 1180 g/mol. The second kappa shape index (κ2) is 17.0. The van der Waals surface area contributed by atoms with Crippen molar-refractivity contribution in [3.8, 4) is 0 Å². The fourth-order valence-electron chi connectivity index (χ4n) is 9.06. The summed E-state index contributed by atoms with van der Waals surface area (Å²) < 4.78 is 22.9. The van der Waals surface area contributed by atoms with Gasteiger partial charge in [0, 0.05) is 112 Å². The number of ketones is 1.